The zero-order valence-corrected chi connectivity index (χ0v) is 13.3. The molecule has 1 N–H and O–H groups in total. The van der Waals surface area contributed by atoms with E-state index in [2.05, 4.69) is 39.9 Å². The lowest BCUT2D eigenvalue weighted by Crippen LogP contribution is -2.41. The van der Waals surface area contributed by atoms with Crippen molar-refractivity contribution in [3.8, 4) is 0 Å². The SMILES string of the molecule is CCCNC(CC(C)CC)C1CC(C)CC(C)C1. The van der Waals surface area contributed by atoms with Gasteiger partial charge < -0.3 is 5.32 Å². The van der Waals surface area contributed by atoms with Crippen LogP contribution in [0, 0.1) is 23.7 Å². The number of rotatable bonds is 7. The van der Waals surface area contributed by atoms with Crippen molar-refractivity contribution < 1.29 is 0 Å². The Balaban J connectivity index is 2.56. The fourth-order valence-electron chi connectivity index (χ4n) is 3.71. The lowest BCUT2D eigenvalue weighted by molar-refractivity contribution is 0.161. The predicted molar refractivity (Wildman–Crippen MR) is 81.8 cm³/mol. The third-order valence-corrected chi connectivity index (χ3v) is 4.79. The second-order valence-corrected chi connectivity index (χ2v) is 6.99. The first-order valence-electron chi connectivity index (χ1n) is 8.30. The molecule has 1 nitrogen and oxygen atoms in total. The van der Waals surface area contributed by atoms with Crippen molar-refractivity contribution in [1.29, 1.82) is 0 Å². The summed E-state index contributed by atoms with van der Waals surface area (Å²) >= 11 is 0. The molecule has 4 atom stereocenters. The van der Waals surface area contributed by atoms with Gasteiger partial charge in [-0.2, -0.15) is 0 Å². The second kappa shape index (κ2) is 8.19. The van der Waals surface area contributed by atoms with Crippen molar-refractivity contribution in [1.82, 2.24) is 5.32 Å². The Bertz CT molecular complexity index is 204. The molecular formula is C17H35N. The summed E-state index contributed by atoms with van der Waals surface area (Å²) in [6, 6.07) is 0.769. The van der Waals surface area contributed by atoms with Crippen LogP contribution in [0.1, 0.15) is 73.1 Å². The lowest BCUT2D eigenvalue weighted by Gasteiger charge is -2.38. The maximum absolute atomic E-state index is 3.85. The summed E-state index contributed by atoms with van der Waals surface area (Å²) in [6.07, 6.45) is 8.29. The van der Waals surface area contributed by atoms with Gasteiger partial charge in [0.1, 0.15) is 0 Å². The minimum absolute atomic E-state index is 0.769. The molecule has 0 saturated heterocycles. The Kier molecular flexibility index (Phi) is 7.29. The molecule has 0 aliphatic heterocycles. The summed E-state index contributed by atoms with van der Waals surface area (Å²) in [7, 11) is 0. The average Bonchev–Trinajstić information content (AvgIpc) is 2.32. The van der Waals surface area contributed by atoms with Crippen LogP contribution in [0.3, 0.4) is 0 Å². The van der Waals surface area contributed by atoms with Gasteiger partial charge >= 0.3 is 0 Å². The van der Waals surface area contributed by atoms with Crippen LogP contribution >= 0.6 is 0 Å². The van der Waals surface area contributed by atoms with E-state index in [9.17, 15) is 0 Å². The number of nitrogens with one attached hydrogen (secondary N) is 1. The summed E-state index contributed by atoms with van der Waals surface area (Å²) in [6.45, 7) is 13.1. The van der Waals surface area contributed by atoms with E-state index in [1.54, 1.807) is 0 Å². The van der Waals surface area contributed by atoms with Crippen LogP contribution in [0.15, 0.2) is 0 Å². The highest BCUT2D eigenvalue weighted by Crippen LogP contribution is 2.36. The van der Waals surface area contributed by atoms with Gasteiger partial charge in [0.05, 0.1) is 0 Å². The maximum atomic E-state index is 3.85. The van der Waals surface area contributed by atoms with Crippen LogP contribution in [-0.4, -0.2) is 12.6 Å². The number of hydrogen-bond acceptors (Lipinski definition) is 1. The molecule has 1 aliphatic carbocycles. The molecule has 0 amide bonds. The fraction of sp³-hybridized carbons (Fsp3) is 1.00. The molecule has 0 aromatic heterocycles. The van der Waals surface area contributed by atoms with Crippen molar-refractivity contribution in [2.45, 2.75) is 79.2 Å². The molecule has 1 fully saturated rings. The molecule has 4 unspecified atom stereocenters. The van der Waals surface area contributed by atoms with Gasteiger partial charge in [-0.05, 0) is 62.3 Å². The molecule has 0 heterocycles. The zero-order valence-electron chi connectivity index (χ0n) is 13.3. The Hall–Kier alpha value is -0.0400. The number of hydrogen-bond donors (Lipinski definition) is 1. The minimum Gasteiger partial charge on any atom is -0.314 e. The smallest absolute Gasteiger partial charge is 0.00980 e. The van der Waals surface area contributed by atoms with Crippen LogP contribution in [0.25, 0.3) is 0 Å². The maximum Gasteiger partial charge on any atom is 0.00980 e. The van der Waals surface area contributed by atoms with E-state index in [1.807, 2.05) is 0 Å². The van der Waals surface area contributed by atoms with Crippen LogP contribution in [-0.2, 0) is 0 Å². The van der Waals surface area contributed by atoms with Gasteiger partial charge in [-0.1, -0.05) is 41.0 Å². The van der Waals surface area contributed by atoms with E-state index in [4.69, 9.17) is 0 Å². The molecule has 18 heavy (non-hydrogen) atoms. The quantitative estimate of drug-likeness (QED) is 0.683. The van der Waals surface area contributed by atoms with Crippen LogP contribution in [0.4, 0.5) is 0 Å². The Morgan fingerprint density at radius 1 is 1.06 bits per heavy atom. The van der Waals surface area contributed by atoms with Gasteiger partial charge in [-0.15, -0.1) is 0 Å². The summed E-state index contributed by atoms with van der Waals surface area (Å²) in [5.74, 6) is 3.65. The molecule has 1 aliphatic rings. The molecular weight excluding hydrogens is 218 g/mol. The lowest BCUT2D eigenvalue weighted by atomic mass is 9.72. The Morgan fingerprint density at radius 3 is 2.17 bits per heavy atom. The first kappa shape index (κ1) is 16.0. The van der Waals surface area contributed by atoms with E-state index >= 15 is 0 Å². The molecule has 0 spiro atoms. The van der Waals surface area contributed by atoms with E-state index in [1.165, 1.54) is 45.1 Å². The first-order chi connectivity index (χ1) is 8.56. The van der Waals surface area contributed by atoms with Gasteiger partial charge in [-0.3, -0.25) is 0 Å². The van der Waals surface area contributed by atoms with Gasteiger partial charge in [0.25, 0.3) is 0 Å². The monoisotopic (exact) mass is 253 g/mol. The third kappa shape index (κ3) is 5.30. The normalized spacial score (nSPS) is 32.2. The first-order valence-corrected chi connectivity index (χ1v) is 8.30. The molecule has 0 aromatic rings. The molecule has 0 radical (unpaired) electrons. The van der Waals surface area contributed by atoms with Gasteiger partial charge in [-0.25, -0.2) is 0 Å². The van der Waals surface area contributed by atoms with Gasteiger partial charge in [0.15, 0.2) is 0 Å². The Morgan fingerprint density at radius 2 is 1.67 bits per heavy atom. The molecule has 0 bridgehead atoms. The van der Waals surface area contributed by atoms with Gasteiger partial charge in [0, 0.05) is 6.04 Å². The summed E-state index contributed by atoms with van der Waals surface area (Å²) in [4.78, 5) is 0. The van der Waals surface area contributed by atoms with E-state index in [-0.39, 0.29) is 0 Å². The zero-order chi connectivity index (χ0) is 13.5. The van der Waals surface area contributed by atoms with Crippen LogP contribution in [0.5, 0.6) is 0 Å². The third-order valence-electron chi connectivity index (χ3n) is 4.79. The summed E-state index contributed by atoms with van der Waals surface area (Å²) < 4.78 is 0. The van der Waals surface area contributed by atoms with Crippen LogP contribution < -0.4 is 5.32 Å². The molecule has 1 heteroatoms. The van der Waals surface area contributed by atoms with Crippen molar-refractivity contribution in [2.75, 3.05) is 6.54 Å². The average molecular weight is 253 g/mol. The highest BCUT2D eigenvalue weighted by molar-refractivity contribution is 4.84. The van der Waals surface area contributed by atoms with Crippen molar-refractivity contribution in [3.05, 3.63) is 0 Å². The van der Waals surface area contributed by atoms with E-state index in [0.717, 1.165) is 29.7 Å². The standard InChI is InChI=1S/C17H35N/c1-6-8-18-17(12-13(3)7-2)16-10-14(4)9-15(5)11-16/h13-18H,6-12H2,1-5H3. The highest BCUT2D eigenvalue weighted by Gasteiger charge is 2.30. The molecule has 1 saturated carbocycles. The predicted octanol–water partition coefficient (Wildman–Crippen LogP) is 4.86. The van der Waals surface area contributed by atoms with Gasteiger partial charge in [0.2, 0.25) is 0 Å². The van der Waals surface area contributed by atoms with Crippen molar-refractivity contribution in [2.24, 2.45) is 23.7 Å². The molecule has 108 valence electrons. The van der Waals surface area contributed by atoms with E-state index in [0.29, 0.717) is 0 Å². The molecule has 0 aromatic carbocycles. The topological polar surface area (TPSA) is 12.0 Å². The largest absolute Gasteiger partial charge is 0.314 e. The Labute approximate surface area is 115 Å². The highest BCUT2D eigenvalue weighted by atomic mass is 14.9. The van der Waals surface area contributed by atoms with Crippen molar-refractivity contribution in [3.63, 3.8) is 0 Å². The van der Waals surface area contributed by atoms with Crippen molar-refractivity contribution >= 4 is 0 Å². The fourth-order valence-corrected chi connectivity index (χ4v) is 3.71. The minimum atomic E-state index is 0.769. The van der Waals surface area contributed by atoms with E-state index < -0.39 is 0 Å². The summed E-state index contributed by atoms with van der Waals surface area (Å²) in [5.41, 5.74) is 0. The second-order valence-electron chi connectivity index (χ2n) is 6.99. The van der Waals surface area contributed by atoms with Crippen LogP contribution in [0.2, 0.25) is 0 Å². The summed E-state index contributed by atoms with van der Waals surface area (Å²) in [5, 5.41) is 3.85. The molecule has 1 rings (SSSR count).